The molecule has 0 aromatic heterocycles. The van der Waals surface area contributed by atoms with Crippen LogP contribution in [0.2, 0.25) is 0 Å². The smallest absolute Gasteiger partial charge is 0.302 e. The van der Waals surface area contributed by atoms with E-state index in [4.69, 9.17) is 0 Å². The summed E-state index contributed by atoms with van der Waals surface area (Å²) in [5.41, 5.74) is 0.212. The monoisotopic (exact) mass is 217 g/mol. The maximum atomic E-state index is 11.5. The Hall–Kier alpha value is -2.43. The van der Waals surface area contributed by atoms with Crippen LogP contribution >= 0.6 is 0 Å². The van der Waals surface area contributed by atoms with E-state index in [0.717, 1.165) is 0 Å². The Morgan fingerprint density at radius 2 is 1.56 bits per heavy atom. The van der Waals surface area contributed by atoms with Gasteiger partial charge in [-0.15, -0.1) is 0 Å². The minimum absolute atomic E-state index is 0.176. The molecule has 1 aromatic rings. The molecule has 0 spiro atoms. The third kappa shape index (κ3) is 1.48. The average Bonchev–Trinajstić information content (AvgIpc) is 2.28. The third-order valence-electron chi connectivity index (χ3n) is 2.17. The topological polar surface area (TPSA) is 83.5 Å². The molecule has 0 saturated heterocycles. The molecule has 5 nitrogen and oxygen atoms in total. The Bertz CT molecular complexity index is 516. The minimum Gasteiger partial charge on any atom is -0.503 e. The molecular formula is C11H7NO4. The van der Waals surface area contributed by atoms with E-state index >= 15 is 0 Å². The zero-order chi connectivity index (χ0) is 11.7. The molecule has 16 heavy (non-hydrogen) atoms. The predicted octanol–water partition coefficient (Wildman–Crippen LogP) is 0.181. The molecule has 1 aromatic carbocycles. The second kappa shape index (κ2) is 3.62. The van der Waals surface area contributed by atoms with Gasteiger partial charge in [-0.05, 0) is 5.56 Å². The zero-order valence-corrected chi connectivity index (χ0v) is 8.06. The highest BCUT2D eigenvalue weighted by Crippen LogP contribution is 2.20. The van der Waals surface area contributed by atoms with Crippen LogP contribution in [0.15, 0.2) is 36.1 Å². The van der Waals surface area contributed by atoms with Crippen molar-refractivity contribution in [1.29, 1.82) is 0 Å². The van der Waals surface area contributed by atoms with E-state index in [-0.39, 0.29) is 5.57 Å². The van der Waals surface area contributed by atoms with Crippen LogP contribution in [0.5, 0.6) is 0 Å². The normalized spacial score (nSPS) is 16.4. The summed E-state index contributed by atoms with van der Waals surface area (Å²) in [7, 11) is 0. The van der Waals surface area contributed by atoms with Crippen molar-refractivity contribution in [3.63, 3.8) is 0 Å². The van der Waals surface area contributed by atoms with Gasteiger partial charge in [0, 0.05) is 0 Å². The highest BCUT2D eigenvalue weighted by molar-refractivity contribution is 6.52. The molecule has 1 aliphatic heterocycles. The minimum atomic E-state index is -1.11. The van der Waals surface area contributed by atoms with E-state index in [1.165, 1.54) is 0 Å². The second-order valence-electron chi connectivity index (χ2n) is 3.20. The zero-order valence-electron chi connectivity index (χ0n) is 8.06. The number of carbonyl (C=O) groups is 3. The van der Waals surface area contributed by atoms with Gasteiger partial charge < -0.3 is 5.11 Å². The molecule has 0 aliphatic carbocycles. The maximum Gasteiger partial charge on any atom is 0.302 e. The SMILES string of the molecule is O=C1NC(=O)C(c2ccccc2)=C(O)C1=O. The Balaban J connectivity index is 2.59. The lowest BCUT2D eigenvalue weighted by Gasteiger charge is -2.14. The van der Waals surface area contributed by atoms with E-state index in [1.54, 1.807) is 30.3 Å². The number of rotatable bonds is 1. The molecule has 0 radical (unpaired) electrons. The number of amides is 2. The van der Waals surface area contributed by atoms with Crippen molar-refractivity contribution < 1.29 is 19.5 Å². The summed E-state index contributed by atoms with van der Waals surface area (Å²) in [6.07, 6.45) is 0. The molecule has 0 saturated carbocycles. The van der Waals surface area contributed by atoms with Gasteiger partial charge in [-0.1, -0.05) is 30.3 Å². The fourth-order valence-corrected chi connectivity index (χ4v) is 1.42. The molecular weight excluding hydrogens is 210 g/mol. The number of benzene rings is 1. The Kier molecular flexibility index (Phi) is 2.28. The fourth-order valence-electron chi connectivity index (χ4n) is 1.42. The summed E-state index contributed by atoms with van der Waals surface area (Å²) in [4.78, 5) is 33.6. The lowest BCUT2D eigenvalue weighted by molar-refractivity contribution is -0.140. The van der Waals surface area contributed by atoms with Crippen molar-refractivity contribution in [2.45, 2.75) is 0 Å². The van der Waals surface area contributed by atoms with Gasteiger partial charge in [-0.2, -0.15) is 0 Å². The van der Waals surface area contributed by atoms with Crippen LogP contribution in [-0.2, 0) is 14.4 Å². The summed E-state index contributed by atoms with van der Waals surface area (Å²) >= 11 is 0. The number of ketones is 1. The van der Waals surface area contributed by atoms with E-state index in [1.807, 2.05) is 5.32 Å². The molecule has 0 bridgehead atoms. The lowest BCUT2D eigenvalue weighted by Crippen LogP contribution is -2.42. The first-order chi connectivity index (χ1) is 7.61. The van der Waals surface area contributed by atoms with Crippen LogP contribution in [0.1, 0.15) is 5.56 Å². The van der Waals surface area contributed by atoms with Gasteiger partial charge in [-0.25, -0.2) is 0 Å². The number of aliphatic hydroxyl groups excluding tert-OH is 1. The van der Waals surface area contributed by atoms with E-state index < -0.39 is 23.4 Å². The molecule has 2 amide bonds. The first-order valence-corrected chi connectivity index (χ1v) is 4.50. The molecule has 2 rings (SSSR count). The number of carbonyl (C=O) groups excluding carboxylic acids is 3. The van der Waals surface area contributed by atoms with Gasteiger partial charge in [0.15, 0.2) is 5.76 Å². The lowest BCUT2D eigenvalue weighted by atomic mass is 9.99. The first-order valence-electron chi connectivity index (χ1n) is 4.50. The van der Waals surface area contributed by atoms with Crippen molar-refractivity contribution in [3.05, 3.63) is 41.7 Å². The van der Waals surface area contributed by atoms with Crippen molar-refractivity contribution in [2.24, 2.45) is 0 Å². The molecule has 1 heterocycles. The Morgan fingerprint density at radius 1 is 0.938 bits per heavy atom. The average molecular weight is 217 g/mol. The largest absolute Gasteiger partial charge is 0.503 e. The van der Waals surface area contributed by atoms with Gasteiger partial charge in [0.05, 0.1) is 5.57 Å². The van der Waals surface area contributed by atoms with Crippen molar-refractivity contribution in [2.75, 3.05) is 0 Å². The quantitative estimate of drug-likeness (QED) is 0.519. The summed E-state index contributed by atoms with van der Waals surface area (Å²) in [5.74, 6) is -3.78. The molecule has 0 fully saturated rings. The van der Waals surface area contributed by atoms with Crippen molar-refractivity contribution >= 4 is 23.2 Å². The van der Waals surface area contributed by atoms with E-state index in [9.17, 15) is 19.5 Å². The van der Waals surface area contributed by atoms with Crippen LogP contribution < -0.4 is 5.32 Å². The number of hydrogen-bond acceptors (Lipinski definition) is 4. The molecule has 0 atom stereocenters. The van der Waals surface area contributed by atoms with Gasteiger partial charge in [-0.3, -0.25) is 19.7 Å². The molecule has 0 unspecified atom stereocenters. The van der Waals surface area contributed by atoms with Crippen LogP contribution in [0.25, 0.3) is 5.57 Å². The molecule has 5 heteroatoms. The summed E-state index contributed by atoms with van der Waals surface area (Å²) < 4.78 is 0. The molecule has 80 valence electrons. The Labute approximate surface area is 90.4 Å². The number of nitrogens with one attached hydrogen (secondary N) is 1. The highest BCUT2D eigenvalue weighted by Gasteiger charge is 2.33. The highest BCUT2D eigenvalue weighted by atomic mass is 16.3. The van der Waals surface area contributed by atoms with Crippen LogP contribution in [-0.4, -0.2) is 22.7 Å². The van der Waals surface area contributed by atoms with Crippen molar-refractivity contribution in [1.82, 2.24) is 5.32 Å². The summed E-state index contributed by atoms with van der Waals surface area (Å²) in [6.45, 7) is 0. The Morgan fingerprint density at radius 3 is 2.19 bits per heavy atom. The van der Waals surface area contributed by atoms with Crippen molar-refractivity contribution in [3.8, 4) is 0 Å². The van der Waals surface area contributed by atoms with Gasteiger partial charge >= 0.3 is 5.91 Å². The maximum absolute atomic E-state index is 11.5. The fraction of sp³-hybridized carbons (Fsp3) is 0. The number of aliphatic hydroxyl groups is 1. The number of imide groups is 1. The molecule has 2 N–H and O–H groups in total. The third-order valence-corrected chi connectivity index (χ3v) is 2.17. The van der Waals surface area contributed by atoms with Gasteiger partial charge in [0.25, 0.3) is 11.7 Å². The van der Waals surface area contributed by atoms with E-state index in [2.05, 4.69) is 0 Å². The summed E-state index contributed by atoms with van der Waals surface area (Å²) in [6, 6.07) is 8.17. The summed E-state index contributed by atoms with van der Waals surface area (Å²) in [5, 5.41) is 11.3. The van der Waals surface area contributed by atoms with Crippen LogP contribution in [0.3, 0.4) is 0 Å². The van der Waals surface area contributed by atoms with Gasteiger partial charge in [0.2, 0.25) is 0 Å². The number of hydrogen-bond donors (Lipinski definition) is 2. The number of Topliss-reactive ketones (excluding diaryl/α,β-unsaturated/α-hetero) is 1. The van der Waals surface area contributed by atoms with Crippen LogP contribution in [0, 0.1) is 0 Å². The first kappa shape index (κ1) is 10.1. The predicted molar refractivity (Wildman–Crippen MR) is 54.1 cm³/mol. The molecule has 1 aliphatic rings. The standard InChI is InChI=1S/C11H7NO4/c13-8-7(6-4-2-1-3-5-6)10(15)12-11(16)9(8)14/h1-5,13H,(H,12,15,16). The van der Waals surface area contributed by atoms with Gasteiger partial charge in [0.1, 0.15) is 0 Å². The van der Waals surface area contributed by atoms with Crippen LogP contribution in [0.4, 0.5) is 0 Å². The second-order valence-corrected chi connectivity index (χ2v) is 3.20. The van der Waals surface area contributed by atoms with E-state index in [0.29, 0.717) is 5.56 Å².